The van der Waals surface area contributed by atoms with Gasteiger partial charge in [-0.25, -0.2) is 0 Å². The summed E-state index contributed by atoms with van der Waals surface area (Å²) in [5, 5.41) is 6.15. The van der Waals surface area contributed by atoms with Crippen molar-refractivity contribution in [1.82, 2.24) is 0 Å². The van der Waals surface area contributed by atoms with E-state index in [2.05, 4.69) is 10.6 Å². The van der Waals surface area contributed by atoms with Crippen LogP contribution < -0.4 is 10.6 Å². The van der Waals surface area contributed by atoms with E-state index in [0.717, 1.165) is 33.6 Å². The third-order valence-corrected chi connectivity index (χ3v) is 4.65. The predicted molar refractivity (Wildman–Crippen MR) is 118 cm³/mol. The molecule has 0 heterocycles. The highest BCUT2D eigenvalue weighted by Gasteiger charge is 2.25. The van der Waals surface area contributed by atoms with Gasteiger partial charge in [0.2, 0.25) is 11.8 Å². The van der Waals surface area contributed by atoms with E-state index in [4.69, 9.17) is 0 Å². The van der Waals surface area contributed by atoms with Crippen LogP contribution in [0.25, 0.3) is 11.1 Å². The van der Waals surface area contributed by atoms with Crippen molar-refractivity contribution in [3.05, 3.63) is 47.5 Å². The Bertz CT molecular complexity index is 824. The molecule has 0 saturated heterocycles. The lowest BCUT2D eigenvalue weighted by atomic mass is 9.90. The molecule has 0 radical (unpaired) electrons. The van der Waals surface area contributed by atoms with Crippen molar-refractivity contribution in [2.24, 2.45) is 10.8 Å². The second kappa shape index (κ2) is 7.78. The monoisotopic (exact) mass is 380 g/mol. The molecule has 2 N–H and O–H groups in total. The molecule has 150 valence electrons. The van der Waals surface area contributed by atoms with Gasteiger partial charge in [-0.2, -0.15) is 0 Å². The molecular formula is C24H32N2O2. The summed E-state index contributed by atoms with van der Waals surface area (Å²) in [6, 6.07) is 11.7. The van der Waals surface area contributed by atoms with Crippen molar-refractivity contribution >= 4 is 23.2 Å². The number of hydrogen-bond donors (Lipinski definition) is 2. The second-order valence-corrected chi connectivity index (χ2v) is 9.40. The van der Waals surface area contributed by atoms with Gasteiger partial charge in [-0.3, -0.25) is 9.59 Å². The first-order valence-corrected chi connectivity index (χ1v) is 9.65. The van der Waals surface area contributed by atoms with Gasteiger partial charge in [-0.1, -0.05) is 65.8 Å². The third kappa shape index (κ3) is 4.80. The number of carbonyl (C=O) groups is 2. The molecule has 0 saturated carbocycles. The molecule has 4 heteroatoms. The maximum absolute atomic E-state index is 12.6. The van der Waals surface area contributed by atoms with Crippen molar-refractivity contribution in [2.75, 3.05) is 10.6 Å². The SMILES string of the molecule is Cc1cccc(NC(=O)C(C)(C)C)c1-c1c(C)cccc1NC(=O)C(C)(C)C. The zero-order valence-electron chi connectivity index (χ0n) is 18.3. The van der Waals surface area contributed by atoms with Gasteiger partial charge in [0, 0.05) is 33.3 Å². The van der Waals surface area contributed by atoms with E-state index in [9.17, 15) is 9.59 Å². The van der Waals surface area contributed by atoms with Crippen LogP contribution in [-0.4, -0.2) is 11.8 Å². The van der Waals surface area contributed by atoms with E-state index in [0.29, 0.717) is 0 Å². The highest BCUT2D eigenvalue weighted by Crippen LogP contribution is 2.39. The Balaban J connectivity index is 2.63. The smallest absolute Gasteiger partial charge is 0.229 e. The first-order chi connectivity index (χ1) is 12.8. The van der Waals surface area contributed by atoms with E-state index in [1.165, 1.54) is 0 Å². The van der Waals surface area contributed by atoms with Gasteiger partial charge in [0.15, 0.2) is 0 Å². The summed E-state index contributed by atoms with van der Waals surface area (Å²) in [6.45, 7) is 15.4. The van der Waals surface area contributed by atoms with Crippen molar-refractivity contribution < 1.29 is 9.59 Å². The van der Waals surface area contributed by atoms with E-state index in [1.807, 2.05) is 91.8 Å². The standard InChI is InChI=1S/C24H32N2O2/c1-15-11-9-13-17(25-21(27)23(3,4)5)19(15)20-16(2)12-10-14-18(20)26-22(28)24(6,7)8/h9-14H,1-8H3,(H,25,27)(H,26,28). The lowest BCUT2D eigenvalue weighted by molar-refractivity contribution is -0.123. The van der Waals surface area contributed by atoms with Gasteiger partial charge in [-0.15, -0.1) is 0 Å². The Morgan fingerprint density at radius 3 is 1.25 bits per heavy atom. The first kappa shape index (κ1) is 21.7. The molecule has 0 fully saturated rings. The molecule has 2 rings (SSSR count). The Morgan fingerprint density at radius 1 is 0.643 bits per heavy atom. The van der Waals surface area contributed by atoms with Gasteiger partial charge in [-0.05, 0) is 37.1 Å². The third-order valence-electron chi connectivity index (χ3n) is 4.65. The number of rotatable bonds is 3. The number of aryl methyl sites for hydroxylation is 2. The molecule has 2 aromatic carbocycles. The number of anilines is 2. The fraction of sp³-hybridized carbons (Fsp3) is 0.417. The van der Waals surface area contributed by atoms with Gasteiger partial charge in [0.1, 0.15) is 0 Å². The van der Waals surface area contributed by atoms with Crippen molar-refractivity contribution in [3.8, 4) is 11.1 Å². The molecule has 0 atom stereocenters. The molecule has 0 aliphatic heterocycles. The number of nitrogens with one attached hydrogen (secondary N) is 2. The second-order valence-electron chi connectivity index (χ2n) is 9.40. The van der Waals surface area contributed by atoms with Crippen LogP contribution in [0.5, 0.6) is 0 Å². The summed E-state index contributed by atoms with van der Waals surface area (Å²) in [5.41, 5.74) is 4.43. The van der Waals surface area contributed by atoms with E-state index < -0.39 is 10.8 Å². The Labute approximate surface area is 168 Å². The van der Waals surface area contributed by atoms with Gasteiger partial charge in [0.05, 0.1) is 0 Å². The van der Waals surface area contributed by atoms with E-state index >= 15 is 0 Å². The minimum absolute atomic E-state index is 0.0480. The van der Waals surface area contributed by atoms with Gasteiger partial charge in [0.25, 0.3) is 0 Å². The molecule has 0 aliphatic carbocycles. The number of benzene rings is 2. The lowest BCUT2D eigenvalue weighted by Crippen LogP contribution is -2.28. The summed E-state index contributed by atoms with van der Waals surface area (Å²) in [4.78, 5) is 25.3. The normalized spacial score (nSPS) is 11.9. The summed E-state index contributed by atoms with van der Waals surface area (Å²) in [5.74, 6) is -0.0959. The van der Waals surface area contributed by atoms with Gasteiger partial charge >= 0.3 is 0 Å². The van der Waals surface area contributed by atoms with Crippen molar-refractivity contribution in [3.63, 3.8) is 0 Å². The fourth-order valence-corrected chi connectivity index (χ4v) is 2.83. The quantitative estimate of drug-likeness (QED) is 0.692. The zero-order chi connectivity index (χ0) is 21.3. The molecule has 2 amide bonds. The summed E-state index contributed by atoms with van der Waals surface area (Å²) < 4.78 is 0. The maximum Gasteiger partial charge on any atom is 0.229 e. The van der Waals surface area contributed by atoms with Gasteiger partial charge < -0.3 is 10.6 Å². The molecule has 4 nitrogen and oxygen atoms in total. The van der Waals surface area contributed by atoms with Crippen molar-refractivity contribution in [1.29, 1.82) is 0 Å². The summed E-state index contributed by atoms with van der Waals surface area (Å²) in [7, 11) is 0. The molecule has 0 spiro atoms. The van der Waals surface area contributed by atoms with Crippen LogP contribution in [0.1, 0.15) is 52.7 Å². The molecule has 2 aromatic rings. The molecule has 0 aliphatic rings. The van der Waals surface area contributed by atoms with E-state index in [1.54, 1.807) is 0 Å². The maximum atomic E-state index is 12.6. The molecule has 0 aromatic heterocycles. The molecule has 28 heavy (non-hydrogen) atoms. The Hall–Kier alpha value is -2.62. The van der Waals surface area contributed by atoms with Crippen molar-refractivity contribution in [2.45, 2.75) is 55.4 Å². The molecule has 0 unspecified atom stereocenters. The molecular weight excluding hydrogens is 348 g/mol. The minimum Gasteiger partial charge on any atom is -0.325 e. The topological polar surface area (TPSA) is 58.2 Å². The fourth-order valence-electron chi connectivity index (χ4n) is 2.83. The van der Waals surface area contributed by atoms with Crippen LogP contribution in [0.2, 0.25) is 0 Å². The Kier molecular flexibility index (Phi) is 6.03. The predicted octanol–water partition coefficient (Wildman–Crippen LogP) is 5.94. The largest absolute Gasteiger partial charge is 0.325 e. The van der Waals surface area contributed by atoms with Crippen LogP contribution in [0, 0.1) is 24.7 Å². The Morgan fingerprint density at radius 2 is 0.964 bits per heavy atom. The first-order valence-electron chi connectivity index (χ1n) is 9.65. The summed E-state index contributed by atoms with van der Waals surface area (Å²) >= 11 is 0. The van der Waals surface area contributed by atoms with Crippen LogP contribution in [0.4, 0.5) is 11.4 Å². The minimum atomic E-state index is -0.504. The number of amides is 2. The average Bonchev–Trinajstić information content (AvgIpc) is 2.55. The highest BCUT2D eigenvalue weighted by molar-refractivity contribution is 6.04. The van der Waals surface area contributed by atoms with Crippen LogP contribution in [-0.2, 0) is 9.59 Å². The number of hydrogen-bond acceptors (Lipinski definition) is 2. The summed E-state index contributed by atoms with van der Waals surface area (Å²) in [6.07, 6.45) is 0. The average molecular weight is 381 g/mol. The zero-order valence-corrected chi connectivity index (χ0v) is 18.3. The molecule has 0 bridgehead atoms. The highest BCUT2D eigenvalue weighted by atomic mass is 16.2. The van der Waals surface area contributed by atoms with E-state index in [-0.39, 0.29) is 11.8 Å². The lowest BCUT2D eigenvalue weighted by Gasteiger charge is -2.24. The van der Waals surface area contributed by atoms with Crippen LogP contribution in [0.3, 0.4) is 0 Å². The van der Waals surface area contributed by atoms with Crippen LogP contribution >= 0.6 is 0 Å². The number of carbonyl (C=O) groups excluding carboxylic acids is 2. The van der Waals surface area contributed by atoms with Crippen LogP contribution in [0.15, 0.2) is 36.4 Å².